The van der Waals surface area contributed by atoms with E-state index in [-0.39, 0.29) is 17.2 Å². The summed E-state index contributed by atoms with van der Waals surface area (Å²) in [5.41, 5.74) is 1.15. The van der Waals surface area contributed by atoms with Gasteiger partial charge in [0.2, 0.25) is 0 Å². The summed E-state index contributed by atoms with van der Waals surface area (Å²) in [5.74, 6) is 7.89. The van der Waals surface area contributed by atoms with Crippen LogP contribution >= 0.6 is 7.82 Å². The molecule has 140 valence electrons. The third kappa shape index (κ3) is 4.63. The van der Waals surface area contributed by atoms with Gasteiger partial charge in [-0.25, -0.2) is 0 Å². The molecule has 3 aromatic rings. The van der Waals surface area contributed by atoms with E-state index in [4.69, 9.17) is 32.8 Å². The lowest BCUT2D eigenvalue weighted by Crippen LogP contribution is -2.09. The molecule has 0 atom stereocenters. The Morgan fingerprint density at radius 1 is 0.552 bits per heavy atom. The summed E-state index contributed by atoms with van der Waals surface area (Å²) in [6, 6.07) is 19.9. The van der Waals surface area contributed by atoms with Gasteiger partial charge in [0.1, 0.15) is 17.2 Å². The SMILES string of the molecule is C#Cc1ccccc1OP(=O)(Oc1ccccc1C#C)Oc1ccccc1C#C. The fraction of sp³-hybridized carbons (Fsp3) is 0. The Bertz CT molecular complexity index is 1060. The number of rotatable bonds is 6. The van der Waals surface area contributed by atoms with Crippen molar-refractivity contribution < 1.29 is 18.1 Å². The number of terminal acetylenes is 3. The second-order valence-electron chi connectivity index (χ2n) is 5.64. The maximum atomic E-state index is 13.7. The molecular weight excluding hydrogens is 383 g/mol. The largest absolute Gasteiger partial charge is 0.647 e. The van der Waals surface area contributed by atoms with Gasteiger partial charge >= 0.3 is 7.82 Å². The highest BCUT2D eigenvalue weighted by Crippen LogP contribution is 2.51. The average molecular weight is 398 g/mol. The van der Waals surface area contributed by atoms with Crippen molar-refractivity contribution in [2.24, 2.45) is 0 Å². The van der Waals surface area contributed by atoms with Gasteiger partial charge in [0.05, 0.1) is 16.7 Å². The van der Waals surface area contributed by atoms with E-state index in [0.29, 0.717) is 16.7 Å². The Morgan fingerprint density at radius 3 is 1.10 bits per heavy atom. The fourth-order valence-corrected chi connectivity index (χ4v) is 3.73. The van der Waals surface area contributed by atoms with Crippen molar-refractivity contribution in [3.05, 3.63) is 89.5 Å². The summed E-state index contributed by atoms with van der Waals surface area (Å²) in [6.07, 6.45) is 16.5. The van der Waals surface area contributed by atoms with Crippen LogP contribution in [0.25, 0.3) is 0 Å². The van der Waals surface area contributed by atoms with Crippen LogP contribution in [0.2, 0.25) is 0 Å². The van der Waals surface area contributed by atoms with Crippen molar-refractivity contribution in [1.82, 2.24) is 0 Å². The van der Waals surface area contributed by atoms with E-state index in [1.165, 1.54) is 0 Å². The first-order valence-electron chi connectivity index (χ1n) is 8.44. The minimum Gasteiger partial charge on any atom is -0.385 e. The van der Waals surface area contributed by atoms with Gasteiger partial charge in [-0.05, 0) is 36.4 Å². The molecule has 3 aromatic carbocycles. The first kappa shape index (κ1) is 19.7. The zero-order valence-electron chi connectivity index (χ0n) is 15.2. The Morgan fingerprint density at radius 2 is 0.828 bits per heavy atom. The molecular formula is C24H15O4P. The Kier molecular flexibility index (Phi) is 5.97. The van der Waals surface area contributed by atoms with Crippen LogP contribution in [0.1, 0.15) is 16.7 Å². The second-order valence-corrected chi connectivity index (χ2v) is 7.08. The molecule has 0 aliphatic heterocycles. The van der Waals surface area contributed by atoms with Gasteiger partial charge in [-0.3, -0.25) is 0 Å². The molecule has 0 aliphatic carbocycles. The molecule has 0 heterocycles. The molecule has 0 saturated heterocycles. The normalized spacial score (nSPS) is 10.1. The molecule has 0 amide bonds. The highest BCUT2D eigenvalue weighted by Gasteiger charge is 2.35. The highest BCUT2D eigenvalue weighted by molar-refractivity contribution is 7.49. The molecule has 4 nitrogen and oxygen atoms in total. The van der Waals surface area contributed by atoms with Crippen LogP contribution in [0.15, 0.2) is 72.8 Å². The summed E-state index contributed by atoms with van der Waals surface area (Å²) in [6.45, 7) is 0. The number of benzene rings is 3. The standard InChI is InChI=1S/C24H15O4P/c1-4-19-13-7-10-16-22(19)26-29(25,27-23-17-11-8-14-20(23)5-2)28-24-18-12-9-15-21(24)6-3/h1-3,7-18H. The van der Waals surface area contributed by atoms with Crippen LogP contribution in [0.4, 0.5) is 0 Å². The number of hydrogen-bond acceptors (Lipinski definition) is 4. The Labute approximate surface area is 170 Å². The van der Waals surface area contributed by atoms with Crippen LogP contribution in [-0.2, 0) is 4.57 Å². The minimum atomic E-state index is -4.29. The van der Waals surface area contributed by atoms with E-state index in [0.717, 1.165) is 0 Å². The fourth-order valence-electron chi connectivity index (χ4n) is 2.41. The molecule has 0 N–H and O–H groups in total. The van der Waals surface area contributed by atoms with Gasteiger partial charge in [-0.2, -0.15) is 4.57 Å². The lowest BCUT2D eigenvalue weighted by atomic mass is 10.2. The third-order valence-electron chi connectivity index (χ3n) is 3.76. The van der Waals surface area contributed by atoms with Crippen LogP contribution in [0.5, 0.6) is 17.2 Å². The summed E-state index contributed by atoms with van der Waals surface area (Å²) in [5, 5.41) is 0. The van der Waals surface area contributed by atoms with Gasteiger partial charge in [-0.1, -0.05) is 54.2 Å². The molecule has 0 saturated carbocycles. The van der Waals surface area contributed by atoms with Crippen molar-refractivity contribution in [3.8, 4) is 54.3 Å². The molecule has 5 heteroatoms. The van der Waals surface area contributed by atoms with Crippen molar-refractivity contribution in [3.63, 3.8) is 0 Å². The van der Waals surface area contributed by atoms with Gasteiger partial charge in [-0.15, -0.1) is 19.3 Å². The monoisotopic (exact) mass is 398 g/mol. The summed E-state index contributed by atoms with van der Waals surface area (Å²) < 4.78 is 30.6. The third-order valence-corrected chi connectivity index (χ3v) is 5.02. The molecule has 3 rings (SSSR count). The van der Waals surface area contributed by atoms with E-state index in [1.54, 1.807) is 72.8 Å². The predicted molar refractivity (Wildman–Crippen MR) is 113 cm³/mol. The lowest BCUT2D eigenvalue weighted by molar-refractivity contribution is 0.297. The first-order valence-corrected chi connectivity index (χ1v) is 9.90. The molecule has 0 bridgehead atoms. The van der Waals surface area contributed by atoms with Crippen LogP contribution in [0.3, 0.4) is 0 Å². The number of phosphoric ester groups is 1. The van der Waals surface area contributed by atoms with Crippen LogP contribution < -0.4 is 13.6 Å². The van der Waals surface area contributed by atoms with E-state index < -0.39 is 7.82 Å². The maximum Gasteiger partial charge on any atom is 0.647 e. The van der Waals surface area contributed by atoms with Crippen molar-refractivity contribution in [1.29, 1.82) is 0 Å². The van der Waals surface area contributed by atoms with E-state index in [2.05, 4.69) is 17.8 Å². The van der Waals surface area contributed by atoms with Crippen LogP contribution in [0, 0.1) is 37.0 Å². The molecule has 0 fully saturated rings. The van der Waals surface area contributed by atoms with E-state index in [9.17, 15) is 4.57 Å². The molecule has 0 unspecified atom stereocenters. The van der Waals surface area contributed by atoms with Gasteiger partial charge < -0.3 is 13.6 Å². The van der Waals surface area contributed by atoms with Gasteiger partial charge in [0.25, 0.3) is 0 Å². The smallest absolute Gasteiger partial charge is 0.385 e. The maximum absolute atomic E-state index is 13.7. The highest BCUT2D eigenvalue weighted by atomic mass is 31.2. The first-order chi connectivity index (χ1) is 14.1. The average Bonchev–Trinajstić information content (AvgIpc) is 2.74. The van der Waals surface area contributed by atoms with E-state index in [1.807, 2.05) is 0 Å². The molecule has 0 spiro atoms. The molecule has 29 heavy (non-hydrogen) atoms. The zero-order valence-corrected chi connectivity index (χ0v) is 16.1. The van der Waals surface area contributed by atoms with Crippen molar-refractivity contribution in [2.45, 2.75) is 0 Å². The van der Waals surface area contributed by atoms with Crippen molar-refractivity contribution in [2.75, 3.05) is 0 Å². The summed E-state index contributed by atoms with van der Waals surface area (Å²) in [7, 11) is -4.29. The Balaban J connectivity index is 2.05. The lowest BCUT2D eigenvalue weighted by Gasteiger charge is -2.21. The molecule has 0 aliphatic rings. The van der Waals surface area contributed by atoms with Gasteiger partial charge in [0, 0.05) is 0 Å². The zero-order chi connectivity index (χ0) is 20.7. The Hall–Kier alpha value is -4.03. The number of para-hydroxylation sites is 3. The van der Waals surface area contributed by atoms with Crippen LogP contribution in [-0.4, -0.2) is 0 Å². The number of phosphoric acid groups is 1. The second kappa shape index (κ2) is 8.77. The van der Waals surface area contributed by atoms with Gasteiger partial charge in [0.15, 0.2) is 0 Å². The van der Waals surface area contributed by atoms with Crippen molar-refractivity contribution >= 4 is 7.82 Å². The minimum absolute atomic E-state index is 0.162. The summed E-state index contributed by atoms with van der Waals surface area (Å²) >= 11 is 0. The predicted octanol–water partition coefficient (Wildman–Crippen LogP) is 5.28. The van der Waals surface area contributed by atoms with E-state index >= 15 is 0 Å². The quantitative estimate of drug-likeness (QED) is 0.419. The topological polar surface area (TPSA) is 44.8 Å². The molecule has 0 aromatic heterocycles. The summed E-state index contributed by atoms with van der Waals surface area (Å²) in [4.78, 5) is 0. The number of hydrogen-bond donors (Lipinski definition) is 0. The molecule has 0 radical (unpaired) electrons.